The van der Waals surface area contributed by atoms with Gasteiger partial charge in [0.25, 0.3) is 0 Å². The Morgan fingerprint density at radius 1 is 0.333 bits per heavy atom. The molecule has 3 heteroatoms. The van der Waals surface area contributed by atoms with Gasteiger partial charge < -0.3 is 0 Å². The number of aryl methyl sites for hydroxylation is 8. The summed E-state index contributed by atoms with van der Waals surface area (Å²) in [7, 11) is 1.91. The number of rotatable bonds is 6. The Morgan fingerprint density at radius 2 is 0.579 bits per heavy atom. The van der Waals surface area contributed by atoms with E-state index in [0.29, 0.717) is 34.5 Å². The summed E-state index contributed by atoms with van der Waals surface area (Å²) in [6, 6.07) is 50.6. The van der Waals surface area contributed by atoms with E-state index in [-0.39, 0.29) is 21.1 Å². The Morgan fingerprint density at radius 3 is 0.807 bits per heavy atom. The second-order valence-corrected chi connectivity index (χ2v) is 20.6. The molecule has 2 aliphatic rings. The van der Waals surface area contributed by atoms with Crippen LogP contribution in [0, 0.1) is 55.4 Å². The molecule has 0 aromatic heterocycles. The molecule has 0 spiro atoms. The van der Waals surface area contributed by atoms with Crippen LogP contribution in [0.5, 0.6) is 0 Å². The third kappa shape index (κ3) is 10.7. The van der Waals surface area contributed by atoms with Crippen molar-refractivity contribution in [2.75, 3.05) is 0 Å². The van der Waals surface area contributed by atoms with Gasteiger partial charge in [0.2, 0.25) is 0 Å². The van der Waals surface area contributed by atoms with E-state index in [9.17, 15) is 0 Å². The Kier molecular flexibility index (Phi) is 15.1. The Balaban J connectivity index is 0.000000189. The van der Waals surface area contributed by atoms with E-state index < -0.39 is 0 Å². The predicted molar refractivity (Wildman–Crippen MR) is 248 cm³/mol. The summed E-state index contributed by atoms with van der Waals surface area (Å²) in [5.41, 5.74) is 23.2. The first-order chi connectivity index (χ1) is 27.0. The maximum absolute atomic E-state index is 2.40. The largest absolute Gasteiger partial charge is 0.107 e. The molecule has 0 amide bonds. The average Bonchev–Trinajstić information content (AvgIpc) is 3.18. The van der Waals surface area contributed by atoms with Crippen LogP contribution in [0.2, 0.25) is 0 Å². The van der Waals surface area contributed by atoms with Crippen LogP contribution >= 0.6 is 17.2 Å². The quantitative estimate of drug-likeness (QED) is 0.146. The van der Waals surface area contributed by atoms with Crippen LogP contribution in [-0.4, -0.2) is 0 Å². The van der Waals surface area contributed by atoms with Crippen molar-refractivity contribution < 1.29 is 21.1 Å². The van der Waals surface area contributed by atoms with Gasteiger partial charge in [-0.15, -0.1) is 17.2 Å². The van der Waals surface area contributed by atoms with E-state index in [1.165, 1.54) is 81.3 Å². The molecule has 8 rings (SSSR count). The normalized spacial score (nSPS) is 22.7. The molecule has 2 heterocycles. The van der Waals surface area contributed by atoms with E-state index in [0.717, 1.165) is 17.2 Å². The molecule has 294 valence electrons. The summed E-state index contributed by atoms with van der Waals surface area (Å²) >= 11 is 0. The van der Waals surface area contributed by atoms with Gasteiger partial charge in [-0.25, -0.2) is 0 Å². The van der Waals surface area contributed by atoms with Gasteiger partial charge in [0.1, 0.15) is 0 Å². The SMILES string of the molecule is Cc1ccc(C2CC(c3ccccc3)CC(c3ccc(C)cc3C)P2)c(C)c1.Cc1ccc(C2CC(c3ccccc3)CC(c3ccc(C)cc3C)P2)c(C)c1.[W]. The molecule has 4 atom stereocenters. The zero-order valence-corrected chi connectivity index (χ0v) is 40.3. The molecule has 57 heavy (non-hydrogen) atoms. The molecular weight excluding hydrogens is 894 g/mol. The van der Waals surface area contributed by atoms with Crippen LogP contribution in [0.15, 0.2) is 133 Å². The number of benzene rings is 6. The molecule has 2 fully saturated rings. The second kappa shape index (κ2) is 19.7. The van der Waals surface area contributed by atoms with E-state index in [1.807, 2.05) is 0 Å². The Bertz CT molecular complexity index is 1960. The number of hydrogen-bond donors (Lipinski definition) is 0. The first-order valence-corrected chi connectivity index (χ1v) is 23.2. The van der Waals surface area contributed by atoms with E-state index >= 15 is 0 Å². The monoisotopic (exact) mass is 956 g/mol. The Labute approximate surface area is 362 Å². The smallest absolute Gasteiger partial charge is 0.00281 e. The zero-order chi connectivity index (χ0) is 39.3. The number of hydrogen-bond acceptors (Lipinski definition) is 0. The summed E-state index contributed by atoms with van der Waals surface area (Å²) in [6.07, 6.45) is 5.09. The summed E-state index contributed by atoms with van der Waals surface area (Å²) in [6.45, 7) is 18.0. The molecule has 0 radical (unpaired) electrons. The molecule has 0 bridgehead atoms. The van der Waals surface area contributed by atoms with Gasteiger partial charge in [0, 0.05) is 43.7 Å². The van der Waals surface area contributed by atoms with Crippen LogP contribution in [-0.2, 0) is 21.1 Å². The minimum absolute atomic E-state index is 0. The maximum Gasteiger partial charge on any atom is 0.00281 e. The van der Waals surface area contributed by atoms with Crippen molar-refractivity contribution in [3.05, 3.63) is 211 Å². The van der Waals surface area contributed by atoms with Gasteiger partial charge in [-0.05, 0) is 149 Å². The third-order valence-corrected chi connectivity index (χ3v) is 16.4. The molecule has 6 aromatic carbocycles. The van der Waals surface area contributed by atoms with Crippen LogP contribution < -0.4 is 0 Å². The molecule has 2 aliphatic heterocycles. The van der Waals surface area contributed by atoms with Gasteiger partial charge in [-0.3, -0.25) is 0 Å². The van der Waals surface area contributed by atoms with Crippen molar-refractivity contribution in [3.63, 3.8) is 0 Å². The molecule has 0 nitrogen and oxygen atoms in total. The van der Waals surface area contributed by atoms with Crippen LogP contribution in [0.4, 0.5) is 0 Å². The van der Waals surface area contributed by atoms with Gasteiger partial charge in [0.15, 0.2) is 0 Å². The van der Waals surface area contributed by atoms with E-state index in [2.05, 4.69) is 189 Å². The average molecular weight is 957 g/mol. The zero-order valence-electron chi connectivity index (χ0n) is 35.4. The van der Waals surface area contributed by atoms with Crippen molar-refractivity contribution in [1.82, 2.24) is 0 Å². The van der Waals surface area contributed by atoms with Crippen molar-refractivity contribution in [1.29, 1.82) is 0 Å². The summed E-state index contributed by atoms with van der Waals surface area (Å²) in [5, 5.41) is 0. The fraction of sp³-hybridized carbons (Fsp3) is 0.333. The van der Waals surface area contributed by atoms with Crippen molar-refractivity contribution in [2.45, 2.75) is 116 Å². The van der Waals surface area contributed by atoms with Gasteiger partial charge >= 0.3 is 0 Å². The maximum atomic E-state index is 2.40. The van der Waals surface area contributed by atoms with E-state index in [4.69, 9.17) is 0 Å². The topological polar surface area (TPSA) is 0 Å². The minimum atomic E-state index is 0. The third-order valence-electron chi connectivity index (χ3n) is 12.6. The fourth-order valence-corrected chi connectivity index (χ4v) is 14.5. The second-order valence-electron chi connectivity index (χ2n) is 17.1. The molecule has 0 aliphatic carbocycles. The fourth-order valence-electron chi connectivity index (χ4n) is 9.82. The molecular formula is C54H62P2W. The first-order valence-electron chi connectivity index (χ1n) is 20.9. The van der Waals surface area contributed by atoms with Gasteiger partial charge in [0.05, 0.1) is 0 Å². The van der Waals surface area contributed by atoms with Gasteiger partial charge in [-0.1, -0.05) is 156 Å². The van der Waals surface area contributed by atoms with E-state index in [1.54, 1.807) is 22.3 Å². The Hall–Kier alpha value is -3.13. The summed E-state index contributed by atoms with van der Waals surface area (Å²) in [5.74, 6) is 1.28. The van der Waals surface area contributed by atoms with Crippen molar-refractivity contribution in [2.24, 2.45) is 0 Å². The summed E-state index contributed by atoms with van der Waals surface area (Å²) < 4.78 is 0. The summed E-state index contributed by atoms with van der Waals surface area (Å²) in [4.78, 5) is 0. The van der Waals surface area contributed by atoms with Crippen LogP contribution in [0.1, 0.15) is 138 Å². The minimum Gasteiger partial charge on any atom is -0.107 e. The predicted octanol–water partition coefficient (Wildman–Crippen LogP) is 15.9. The standard InChI is InChI=1S/2C27H31P.W/c2*1-18-10-12-24(20(3)14-18)26-16-23(22-8-6-5-7-9-22)17-27(28-26)25-13-11-19(2)15-21(25)4;/h2*5-15,23,26-28H,16-17H2,1-4H3;. The van der Waals surface area contributed by atoms with Crippen molar-refractivity contribution >= 4 is 17.2 Å². The van der Waals surface area contributed by atoms with Crippen LogP contribution in [0.25, 0.3) is 0 Å². The van der Waals surface area contributed by atoms with Crippen molar-refractivity contribution in [3.8, 4) is 0 Å². The molecule has 4 unspecified atom stereocenters. The first kappa shape index (κ1) is 43.4. The van der Waals surface area contributed by atoms with Gasteiger partial charge in [-0.2, -0.15) is 0 Å². The molecule has 0 saturated carbocycles. The van der Waals surface area contributed by atoms with Crippen LogP contribution in [0.3, 0.4) is 0 Å². The molecule has 6 aromatic rings. The molecule has 2 saturated heterocycles. The molecule has 0 N–H and O–H groups in total.